The van der Waals surface area contributed by atoms with Gasteiger partial charge in [-0.15, -0.1) is 11.8 Å². The van der Waals surface area contributed by atoms with Crippen LogP contribution in [0.15, 0.2) is 29.3 Å². The van der Waals surface area contributed by atoms with Gasteiger partial charge in [0, 0.05) is 0 Å². The van der Waals surface area contributed by atoms with Crippen molar-refractivity contribution in [1.29, 1.82) is 0 Å². The standard InChI is InChI=1S/C13H14FN3O2S/c1-3-19-13(18)10-11(15)17(16-12(10)20-2)9-6-4-8(14)5-7-9/h4-7H,3,15H2,1-2H3. The number of rotatable bonds is 4. The maximum Gasteiger partial charge on any atom is 0.344 e. The first-order valence-electron chi connectivity index (χ1n) is 5.94. The molecule has 0 aliphatic heterocycles. The topological polar surface area (TPSA) is 70.1 Å². The van der Waals surface area contributed by atoms with Gasteiger partial charge in [-0.3, -0.25) is 0 Å². The van der Waals surface area contributed by atoms with E-state index in [1.165, 1.54) is 40.7 Å². The van der Waals surface area contributed by atoms with Crippen LogP contribution in [0.2, 0.25) is 0 Å². The predicted molar refractivity (Wildman–Crippen MR) is 75.7 cm³/mol. The number of aromatic nitrogens is 2. The highest BCUT2D eigenvalue weighted by Gasteiger charge is 2.23. The minimum atomic E-state index is -0.511. The zero-order valence-corrected chi connectivity index (χ0v) is 11.9. The van der Waals surface area contributed by atoms with Crippen molar-refractivity contribution in [2.45, 2.75) is 11.9 Å². The van der Waals surface area contributed by atoms with E-state index in [2.05, 4.69) is 5.10 Å². The number of carbonyl (C=O) groups is 1. The molecule has 2 aromatic rings. The summed E-state index contributed by atoms with van der Waals surface area (Å²) in [6.45, 7) is 1.98. The molecule has 0 unspecified atom stereocenters. The molecule has 0 amide bonds. The monoisotopic (exact) mass is 295 g/mol. The molecule has 7 heteroatoms. The normalized spacial score (nSPS) is 10.6. The van der Waals surface area contributed by atoms with Crippen molar-refractivity contribution >= 4 is 23.5 Å². The summed E-state index contributed by atoms with van der Waals surface area (Å²) in [7, 11) is 0. The van der Waals surface area contributed by atoms with Crippen molar-refractivity contribution in [1.82, 2.24) is 9.78 Å². The van der Waals surface area contributed by atoms with E-state index in [9.17, 15) is 9.18 Å². The number of thioether (sulfide) groups is 1. The lowest BCUT2D eigenvalue weighted by atomic mass is 10.3. The number of esters is 1. The van der Waals surface area contributed by atoms with Crippen LogP contribution >= 0.6 is 11.8 Å². The number of nitrogens with zero attached hydrogens (tertiary/aromatic N) is 2. The molecule has 1 aromatic carbocycles. The predicted octanol–water partition coefficient (Wildman–Crippen LogP) is 2.49. The molecule has 1 heterocycles. The van der Waals surface area contributed by atoms with Crippen LogP contribution in [0.3, 0.4) is 0 Å². The molecule has 0 spiro atoms. The van der Waals surface area contributed by atoms with Crippen LogP contribution in [-0.4, -0.2) is 28.6 Å². The molecular formula is C13H14FN3O2S. The Morgan fingerprint density at radius 1 is 1.45 bits per heavy atom. The van der Waals surface area contributed by atoms with E-state index < -0.39 is 5.97 Å². The van der Waals surface area contributed by atoms with Gasteiger partial charge in [0.2, 0.25) is 0 Å². The first-order chi connectivity index (χ1) is 9.58. The maximum absolute atomic E-state index is 12.9. The van der Waals surface area contributed by atoms with Gasteiger partial charge in [0.05, 0.1) is 12.3 Å². The van der Waals surface area contributed by atoms with Gasteiger partial charge < -0.3 is 10.5 Å². The summed E-state index contributed by atoms with van der Waals surface area (Å²) in [6, 6.07) is 5.69. The number of benzene rings is 1. The number of halogens is 1. The minimum Gasteiger partial charge on any atom is -0.462 e. The van der Waals surface area contributed by atoms with Crippen LogP contribution in [0.25, 0.3) is 5.69 Å². The molecule has 2 N–H and O–H groups in total. The van der Waals surface area contributed by atoms with Gasteiger partial charge >= 0.3 is 5.97 Å². The van der Waals surface area contributed by atoms with E-state index in [1.54, 1.807) is 13.2 Å². The number of hydrogen-bond donors (Lipinski definition) is 1. The largest absolute Gasteiger partial charge is 0.462 e. The van der Waals surface area contributed by atoms with Gasteiger partial charge in [0.25, 0.3) is 0 Å². The molecule has 0 saturated heterocycles. The Morgan fingerprint density at radius 2 is 2.10 bits per heavy atom. The van der Waals surface area contributed by atoms with Crippen molar-refractivity contribution in [2.75, 3.05) is 18.6 Å². The number of nitrogen functional groups attached to an aromatic ring is 1. The molecule has 20 heavy (non-hydrogen) atoms. The Kier molecular flexibility index (Phi) is 4.29. The fraction of sp³-hybridized carbons (Fsp3) is 0.231. The molecular weight excluding hydrogens is 281 g/mol. The molecule has 2 rings (SSSR count). The molecule has 0 fully saturated rings. The number of ether oxygens (including phenoxy) is 1. The summed E-state index contributed by atoms with van der Waals surface area (Å²) in [5.74, 6) is -0.683. The van der Waals surface area contributed by atoms with Gasteiger partial charge in [-0.1, -0.05) is 0 Å². The lowest BCUT2D eigenvalue weighted by molar-refractivity contribution is 0.0523. The molecule has 0 saturated carbocycles. The fourth-order valence-electron chi connectivity index (χ4n) is 1.73. The van der Waals surface area contributed by atoms with Gasteiger partial charge in [0.15, 0.2) is 0 Å². The second-order valence-corrected chi connectivity index (χ2v) is 4.67. The third-order valence-electron chi connectivity index (χ3n) is 2.63. The van der Waals surface area contributed by atoms with E-state index in [0.29, 0.717) is 10.7 Å². The van der Waals surface area contributed by atoms with E-state index >= 15 is 0 Å². The van der Waals surface area contributed by atoms with Gasteiger partial charge in [-0.2, -0.15) is 5.10 Å². The van der Waals surface area contributed by atoms with Crippen LogP contribution in [0.1, 0.15) is 17.3 Å². The van der Waals surface area contributed by atoms with Gasteiger partial charge in [-0.25, -0.2) is 13.9 Å². The summed E-state index contributed by atoms with van der Waals surface area (Å²) < 4.78 is 19.3. The SMILES string of the molecule is CCOC(=O)c1c(SC)nn(-c2ccc(F)cc2)c1N. The first kappa shape index (κ1) is 14.4. The number of anilines is 1. The summed E-state index contributed by atoms with van der Waals surface area (Å²) in [6.07, 6.45) is 1.79. The highest BCUT2D eigenvalue weighted by atomic mass is 32.2. The highest BCUT2D eigenvalue weighted by molar-refractivity contribution is 7.98. The molecule has 106 valence electrons. The zero-order chi connectivity index (χ0) is 14.7. The quantitative estimate of drug-likeness (QED) is 0.693. The Labute approximate surface area is 119 Å². The van der Waals surface area contributed by atoms with Crippen molar-refractivity contribution in [2.24, 2.45) is 0 Å². The Balaban J connectivity index is 2.50. The molecule has 0 aliphatic rings. The highest BCUT2D eigenvalue weighted by Crippen LogP contribution is 2.28. The Hall–Kier alpha value is -2.02. The van der Waals surface area contributed by atoms with E-state index in [-0.39, 0.29) is 23.8 Å². The third kappa shape index (κ3) is 2.62. The average Bonchev–Trinajstić information content (AvgIpc) is 2.77. The van der Waals surface area contributed by atoms with Crippen molar-refractivity contribution in [3.63, 3.8) is 0 Å². The molecule has 1 aromatic heterocycles. The van der Waals surface area contributed by atoms with Crippen molar-refractivity contribution in [3.8, 4) is 5.69 Å². The summed E-state index contributed by atoms with van der Waals surface area (Å²) in [4.78, 5) is 11.9. The number of hydrogen-bond acceptors (Lipinski definition) is 5. The Bertz CT molecular complexity index is 625. The zero-order valence-electron chi connectivity index (χ0n) is 11.1. The van der Waals surface area contributed by atoms with Crippen LogP contribution < -0.4 is 5.73 Å². The smallest absolute Gasteiger partial charge is 0.344 e. The number of carbonyl (C=O) groups excluding carboxylic acids is 1. The summed E-state index contributed by atoms with van der Waals surface area (Å²) >= 11 is 1.30. The van der Waals surface area contributed by atoms with Gasteiger partial charge in [-0.05, 0) is 37.4 Å². The molecule has 0 aliphatic carbocycles. The lowest BCUT2D eigenvalue weighted by Crippen LogP contribution is -2.09. The summed E-state index contributed by atoms with van der Waals surface area (Å²) in [5, 5.41) is 4.74. The second kappa shape index (κ2) is 5.96. The van der Waals surface area contributed by atoms with Crippen LogP contribution in [0.4, 0.5) is 10.2 Å². The third-order valence-corrected chi connectivity index (χ3v) is 3.31. The van der Waals surface area contributed by atoms with Crippen LogP contribution in [0.5, 0.6) is 0 Å². The average molecular weight is 295 g/mol. The fourth-order valence-corrected chi connectivity index (χ4v) is 2.28. The molecule has 0 atom stereocenters. The molecule has 5 nitrogen and oxygen atoms in total. The maximum atomic E-state index is 12.9. The minimum absolute atomic E-state index is 0.180. The second-order valence-electron chi connectivity index (χ2n) is 3.88. The summed E-state index contributed by atoms with van der Waals surface area (Å²) in [5.41, 5.74) is 6.79. The molecule has 0 radical (unpaired) electrons. The van der Waals surface area contributed by atoms with Crippen molar-refractivity contribution in [3.05, 3.63) is 35.6 Å². The van der Waals surface area contributed by atoms with Crippen molar-refractivity contribution < 1.29 is 13.9 Å². The lowest BCUT2D eigenvalue weighted by Gasteiger charge is -2.04. The van der Waals surface area contributed by atoms with E-state index in [0.717, 1.165) is 0 Å². The van der Waals surface area contributed by atoms with Crippen LogP contribution in [-0.2, 0) is 4.74 Å². The number of nitrogens with two attached hydrogens (primary N) is 1. The van der Waals surface area contributed by atoms with E-state index in [4.69, 9.17) is 10.5 Å². The Morgan fingerprint density at radius 3 is 2.65 bits per heavy atom. The molecule has 0 bridgehead atoms. The van der Waals surface area contributed by atoms with Crippen LogP contribution in [0, 0.1) is 5.82 Å². The van der Waals surface area contributed by atoms with E-state index in [1.807, 2.05) is 0 Å². The van der Waals surface area contributed by atoms with Gasteiger partial charge in [0.1, 0.15) is 22.2 Å². The first-order valence-corrected chi connectivity index (χ1v) is 7.16.